The van der Waals surface area contributed by atoms with Crippen molar-refractivity contribution < 1.29 is 23.0 Å². The van der Waals surface area contributed by atoms with Gasteiger partial charge < -0.3 is 14.8 Å². The van der Waals surface area contributed by atoms with E-state index in [-0.39, 0.29) is 5.69 Å². The zero-order valence-electron chi connectivity index (χ0n) is 19.3. The summed E-state index contributed by atoms with van der Waals surface area (Å²) in [5.74, 6) is -4.60. The number of aryl methyl sites for hydroxylation is 1. The number of rotatable bonds is 8. The summed E-state index contributed by atoms with van der Waals surface area (Å²) in [5, 5.41) is 6.84. The average molecular weight is 505 g/mol. The zero-order chi connectivity index (χ0) is 24.8. The monoisotopic (exact) mass is 504 g/mol. The molecule has 0 aliphatic carbocycles. The number of nitrogens with zero attached hydrogens (tertiary/aromatic N) is 3. The Kier molecular flexibility index (Phi) is 8.00. The molecule has 1 aliphatic heterocycles. The molecule has 7 nitrogen and oxygen atoms in total. The van der Waals surface area contributed by atoms with E-state index in [1.165, 1.54) is 12.1 Å². The molecule has 0 bridgehead atoms. The van der Waals surface area contributed by atoms with Crippen LogP contribution in [0.3, 0.4) is 0 Å². The Hall–Kier alpha value is -3.01. The van der Waals surface area contributed by atoms with Gasteiger partial charge in [-0.1, -0.05) is 23.7 Å². The van der Waals surface area contributed by atoms with Crippen molar-refractivity contribution in [3.63, 3.8) is 0 Å². The first kappa shape index (κ1) is 25.1. The summed E-state index contributed by atoms with van der Waals surface area (Å²) in [4.78, 5) is 14.8. The minimum atomic E-state index is -3.73. The Morgan fingerprint density at radius 2 is 1.97 bits per heavy atom. The third-order valence-electron chi connectivity index (χ3n) is 5.81. The Morgan fingerprint density at radius 3 is 2.71 bits per heavy atom. The number of nitrogens with one attached hydrogen (secondary N) is 1. The maximum absolute atomic E-state index is 14.7. The van der Waals surface area contributed by atoms with Crippen LogP contribution in [0.15, 0.2) is 54.7 Å². The third-order valence-corrected chi connectivity index (χ3v) is 6.06. The number of carbonyl (C=O) groups is 1. The summed E-state index contributed by atoms with van der Waals surface area (Å²) < 4.78 is 42.7. The summed E-state index contributed by atoms with van der Waals surface area (Å²) in [7, 11) is 1.77. The van der Waals surface area contributed by atoms with Crippen molar-refractivity contribution in [2.75, 3.05) is 44.8 Å². The van der Waals surface area contributed by atoms with Crippen molar-refractivity contribution in [1.82, 2.24) is 14.7 Å². The van der Waals surface area contributed by atoms with Crippen molar-refractivity contribution in [2.24, 2.45) is 7.05 Å². The molecule has 1 aliphatic rings. The first-order chi connectivity index (χ1) is 16.8. The van der Waals surface area contributed by atoms with E-state index >= 15 is 0 Å². The topological polar surface area (TPSA) is 68.6 Å². The van der Waals surface area contributed by atoms with Crippen molar-refractivity contribution in [1.29, 1.82) is 0 Å². The molecule has 1 amide bonds. The van der Waals surface area contributed by atoms with Gasteiger partial charge in [-0.2, -0.15) is 13.9 Å². The molecule has 0 atom stereocenters. The highest BCUT2D eigenvalue weighted by Crippen LogP contribution is 2.34. The Balaban J connectivity index is 1.51. The molecule has 186 valence electrons. The molecule has 1 fully saturated rings. The SMILES string of the molecule is Cn1nccc1-c1cc(NC(=O)C(F)(F)c2ccc(Cl)cc2)ccc1OCCN1CCCOCC1. The molecule has 0 saturated carbocycles. The van der Waals surface area contributed by atoms with Gasteiger partial charge in [-0.25, -0.2) is 0 Å². The summed E-state index contributed by atoms with van der Waals surface area (Å²) in [6.07, 6.45) is 2.62. The molecule has 1 saturated heterocycles. The van der Waals surface area contributed by atoms with Crippen LogP contribution in [0.25, 0.3) is 11.3 Å². The molecule has 2 heterocycles. The number of carbonyl (C=O) groups excluding carboxylic acids is 1. The summed E-state index contributed by atoms with van der Waals surface area (Å²) in [6, 6.07) is 11.5. The van der Waals surface area contributed by atoms with E-state index in [0.717, 1.165) is 50.5 Å². The molecule has 1 aromatic heterocycles. The number of hydrogen-bond acceptors (Lipinski definition) is 5. The van der Waals surface area contributed by atoms with Crippen LogP contribution in [0.4, 0.5) is 14.5 Å². The van der Waals surface area contributed by atoms with Crippen LogP contribution in [0.1, 0.15) is 12.0 Å². The fourth-order valence-electron chi connectivity index (χ4n) is 3.88. The van der Waals surface area contributed by atoms with Crippen LogP contribution in [-0.2, 0) is 22.5 Å². The van der Waals surface area contributed by atoms with Gasteiger partial charge in [0.15, 0.2) is 0 Å². The lowest BCUT2D eigenvalue weighted by atomic mass is 10.1. The minimum Gasteiger partial charge on any atom is -0.492 e. The first-order valence-corrected chi connectivity index (χ1v) is 11.7. The number of hydrogen-bond donors (Lipinski definition) is 1. The van der Waals surface area contributed by atoms with Crippen LogP contribution in [-0.4, -0.2) is 60.0 Å². The van der Waals surface area contributed by atoms with E-state index in [2.05, 4.69) is 15.3 Å². The number of aromatic nitrogens is 2. The number of amides is 1. The van der Waals surface area contributed by atoms with E-state index in [1.807, 2.05) is 0 Å². The van der Waals surface area contributed by atoms with Crippen molar-refractivity contribution in [2.45, 2.75) is 12.3 Å². The lowest BCUT2D eigenvalue weighted by molar-refractivity contribution is -0.140. The summed E-state index contributed by atoms with van der Waals surface area (Å²) >= 11 is 5.78. The second-order valence-corrected chi connectivity index (χ2v) is 8.68. The standard InChI is InChI=1S/C25H27ClF2N4O3/c1-31-22(9-10-29-31)21-17-20(30-24(33)25(27,28)18-3-5-19(26)6-4-18)7-8-23(21)35-16-13-32-11-2-14-34-15-12-32/h3-10,17H,2,11-16H2,1H3,(H,30,33). The highest BCUT2D eigenvalue weighted by molar-refractivity contribution is 6.30. The molecule has 0 radical (unpaired) electrons. The Bertz CT molecular complexity index is 1150. The van der Waals surface area contributed by atoms with Crippen LogP contribution >= 0.6 is 11.6 Å². The highest BCUT2D eigenvalue weighted by Gasteiger charge is 2.41. The van der Waals surface area contributed by atoms with Gasteiger partial charge in [-0.05, 0) is 42.8 Å². The van der Waals surface area contributed by atoms with Crippen LogP contribution < -0.4 is 10.1 Å². The predicted octanol–water partition coefficient (Wildman–Crippen LogP) is 4.57. The van der Waals surface area contributed by atoms with E-state index in [1.54, 1.807) is 42.2 Å². The molecule has 10 heteroatoms. The van der Waals surface area contributed by atoms with Crippen molar-refractivity contribution in [3.8, 4) is 17.0 Å². The van der Waals surface area contributed by atoms with Crippen LogP contribution in [0.5, 0.6) is 5.75 Å². The highest BCUT2D eigenvalue weighted by atomic mass is 35.5. The Labute approximate surface area is 207 Å². The quantitative estimate of drug-likeness (QED) is 0.486. The lowest BCUT2D eigenvalue weighted by Gasteiger charge is -2.20. The number of ether oxygens (including phenoxy) is 2. The van der Waals surface area contributed by atoms with Gasteiger partial charge in [-0.3, -0.25) is 14.4 Å². The van der Waals surface area contributed by atoms with Gasteiger partial charge in [-0.15, -0.1) is 0 Å². The van der Waals surface area contributed by atoms with Crippen LogP contribution in [0.2, 0.25) is 5.02 Å². The second kappa shape index (κ2) is 11.2. The normalized spacial score (nSPS) is 15.0. The second-order valence-electron chi connectivity index (χ2n) is 8.24. The molecule has 35 heavy (non-hydrogen) atoms. The maximum Gasteiger partial charge on any atom is 0.350 e. The maximum atomic E-state index is 14.7. The molecule has 0 unspecified atom stereocenters. The Morgan fingerprint density at radius 1 is 1.17 bits per heavy atom. The van der Waals surface area contributed by atoms with Gasteiger partial charge in [0.2, 0.25) is 0 Å². The third kappa shape index (κ3) is 6.17. The van der Waals surface area contributed by atoms with Gasteiger partial charge in [0.1, 0.15) is 12.4 Å². The number of anilines is 1. The predicted molar refractivity (Wildman–Crippen MR) is 130 cm³/mol. The number of benzene rings is 2. The van der Waals surface area contributed by atoms with Gasteiger partial charge >= 0.3 is 5.92 Å². The largest absolute Gasteiger partial charge is 0.492 e. The molecular formula is C25H27ClF2N4O3. The molecular weight excluding hydrogens is 478 g/mol. The summed E-state index contributed by atoms with van der Waals surface area (Å²) in [5.41, 5.74) is 1.14. The van der Waals surface area contributed by atoms with Crippen LogP contribution in [0, 0.1) is 0 Å². The van der Waals surface area contributed by atoms with Gasteiger partial charge in [0, 0.05) is 61.3 Å². The fraction of sp³-hybridized carbons (Fsp3) is 0.360. The van der Waals surface area contributed by atoms with Gasteiger partial charge in [0.25, 0.3) is 5.91 Å². The zero-order valence-corrected chi connectivity index (χ0v) is 20.1. The fourth-order valence-corrected chi connectivity index (χ4v) is 4.00. The van der Waals surface area contributed by atoms with E-state index in [9.17, 15) is 13.6 Å². The summed E-state index contributed by atoms with van der Waals surface area (Å²) in [6.45, 7) is 4.46. The lowest BCUT2D eigenvalue weighted by Crippen LogP contribution is -2.32. The van der Waals surface area contributed by atoms with E-state index in [0.29, 0.717) is 29.5 Å². The molecule has 4 rings (SSSR count). The smallest absolute Gasteiger partial charge is 0.350 e. The van der Waals surface area contributed by atoms with Crippen molar-refractivity contribution in [3.05, 3.63) is 65.3 Å². The minimum absolute atomic E-state index is 0.219. The molecule has 2 aromatic carbocycles. The van der Waals surface area contributed by atoms with Gasteiger partial charge in [0.05, 0.1) is 12.3 Å². The average Bonchev–Trinajstić information content (AvgIpc) is 3.10. The number of alkyl halides is 2. The van der Waals surface area contributed by atoms with E-state index in [4.69, 9.17) is 21.1 Å². The first-order valence-electron chi connectivity index (χ1n) is 11.4. The molecule has 0 spiro atoms. The molecule has 3 aromatic rings. The number of halogens is 3. The van der Waals surface area contributed by atoms with Crippen molar-refractivity contribution >= 4 is 23.2 Å². The molecule has 1 N–H and O–H groups in total. The van der Waals surface area contributed by atoms with E-state index < -0.39 is 17.4 Å².